The zero-order valence-corrected chi connectivity index (χ0v) is 20.2. The molecule has 0 aliphatic heterocycles. The van der Waals surface area contributed by atoms with Gasteiger partial charge in [0, 0.05) is 47.7 Å². The number of aromatic amines is 2. The quantitative estimate of drug-likeness (QED) is 0.263. The second-order valence-electron chi connectivity index (χ2n) is 8.85. The summed E-state index contributed by atoms with van der Waals surface area (Å²) in [6.07, 6.45) is 12.9. The summed E-state index contributed by atoms with van der Waals surface area (Å²) in [6.45, 7) is 2.07. The molecule has 1 aromatic carbocycles. The zero-order chi connectivity index (χ0) is 25.2. The Morgan fingerprint density at radius 1 is 0.892 bits per heavy atom. The van der Waals surface area contributed by atoms with E-state index in [1.807, 2.05) is 36.5 Å². The van der Waals surface area contributed by atoms with Gasteiger partial charge in [0.25, 0.3) is 0 Å². The maximum absolute atomic E-state index is 12.2. The summed E-state index contributed by atoms with van der Waals surface area (Å²) in [6, 6.07) is 11.9. The van der Waals surface area contributed by atoms with Gasteiger partial charge in [-0.25, -0.2) is 4.98 Å². The zero-order valence-electron chi connectivity index (χ0n) is 20.2. The molecule has 9 nitrogen and oxygen atoms in total. The average Bonchev–Trinajstić information content (AvgIpc) is 3.56. The number of benzene rings is 1. The fourth-order valence-corrected chi connectivity index (χ4v) is 4.39. The number of pyridine rings is 3. The van der Waals surface area contributed by atoms with Gasteiger partial charge in [0.2, 0.25) is 5.91 Å². The smallest absolute Gasteiger partial charge is 0.224 e. The largest absolute Gasteiger partial charge is 0.335 e. The maximum Gasteiger partial charge on any atom is 0.224 e. The van der Waals surface area contributed by atoms with Gasteiger partial charge in [-0.2, -0.15) is 5.10 Å². The molecule has 9 heteroatoms. The van der Waals surface area contributed by atoms with Crippen molar-refractivity contribution in [3.05, 3.63) is 73.6 Å². The number of fused-ring (bicyclic) bond motifs is 2. The molecule has 0 fully saturated rings. The number of nitrogens with zero attached hydrogens (tertiary/aromatic N) is 5. The van der Waals surface area contributed by atoms with Gasteiger partial charge in [0.05, 0.1) is 34.6 Å². The Labute approximate surface area is 212 Å². The summed E-state index contributed by atoms with van der Waals surface area (Å²) in [5.74, 6) is 0.649. The Kier molecular flexibility index (Phi) is 5.86. The normalized spacial score (nSPS) is 11.3. The van der Waals surface area contributed by atoms with E-state index < -0.39 is 0 Å². The van der Waals surface area contributed by atoms with Crippen LogP contribution in [0.5, 0.6) is 0 Å². The molecule has 6 rings (SSSR count). The number of hydrogen-bond donors (Lipinski definition) is 3. The fourth-order valence-electron chi connectivity index (χ4n) is 4.39. The molecule has 0 radical (unpaired) electrons. The highest BCUT2D eigenvalue weighted by Crippen LogP contribution is 2.33. The Morgan fingerprint density at radius 3 is 2.62 bits per heavy atom. The number of rotatable bonds is 7. The van der Waals surface area contributed by atoms with Crippen LogP contribution in [0.4, 0.5) is 5.69 Å². The minimum absolute atomic E-state index is 0.00103. The van der Waals surface area contributed by atoms with Crippen LogP contribution in [0.25, 0.3) is 55.7 Å². The van der Waals surface area contributed by atoms with Gasteiger partial charge in [-0.15, -0.1) is 0 Å². The van der Waals surface area contributed by atoms with E-state index in [0.29, 0.717) is 23.6 Å². The molecule has 5 heterocycles. The van der Waals surface area contributed by atoms with Crippen LogP contribution in [0, 0.1) is 0 Å². The first-order chi connectivity index (χ1) is 18.2. The predicted molar refractivity (Wildman–Crippen MR) is 144 cm³/mol. The molecule has 0 spiro atoms. The van der Waals surface area contributed by atoms with Gasteiger partial charge >= 0.3 is 0 Å². The first-order valence-corrected chi connectivity index (χ1v) is 12.2. The second kappa shape index (κ2) is 9.62. The molecular formula is C28H24N8O. The molecule has 6 aromatic rings. The van der Waals surface area contributed by atoms with Crippen LogP contribution in [0.2, 0.25) is 0 Å². The van der Waals surface area contributed by atoms with E-state index >= 15 is 0 Å². The Hall–Kier alpha value is -4.92. The Bertz CT molecular complexity index is 1720. The molecule has 5 aromatic heterocycles. The molecule has 0 aliphatic rings. The number of carbonyl (C=O) groups excluding carboxylic acids is 1. The Balaban J connectivity index is 1.37. The first-order valence-electron chi connectivity index (χ1n) is 12.2. The number of amides is 1. The van der Waals surface area contributed by atoms with E-state index in [0.717, 1.165) is 57.0 Å². The van der Waals surface area contributed by atoms with Crippen LogP contribution in [0.3, 0.4) is 0 Å². The number of hydrogen-bond acceptors (Lipinski definition) is 6. The summed E-state index contributed by atoms with van der Waals surface area (Å²) < 4.78 is 0. The van der Waals surface area contributed by atoms with Crippen LogP contribution >= 0.6 is 0 Å². The van der Waals surface area contributed by atoms with Gasteiger partial charge in [-0.05, 0) is 47.9 Å². The second-order valence-corrected chi connectivity index (χ2v) is 8.85. The number of carbonyl (C=O) groups is 1. The SMILES string of the molecule is CCCCC(=O)Nc1cncc(-c2ccc3[nH]nc(-c4nc5c(-c6ccncc6)cncc5[nH]4)c3c2)c1. The molecule has 0 saturated carbocycles. The van der Waals surface area contributed by atoms with Gasteiger partial charge in [-0.3, -0.25) is 24.8 Å². The van der Waals surface area contributed by atoms with Crippen molar-refractivity contribution in [2.75, 3.05) is 5.32 Å². The van der Waals surface area contributed by atoms with E-state index in [1.165, 1.54) is 0 Å². The van der Waals surface area contributed by atoms with Crippen molar-refractivity contribution in [1.29, 1.82) is 0 Å². The highest BCUT2D eigenvalue weighted by molar-refractivity contribution is 5.98. The molecule has 0 atom stereocenters. The third kappa shape index (κ3) is 4.42. The van der Waals surface area contributed by atoms with E-state index in [2.05, 4.69) is 48.4 Å². The van der Waals surface area contributed by atoms with Crippen molar-refractivity contribution < 1.29 is 4.79 Å². The molecule has 182 valence electrons. The molecule has 0 unspecified atom stereocenters. The van der Waals surface area contributed by atoms with Crippen LogP contribution in [-0.2, 0) is 4.79 Å². The minimum Gasteiger partial charge on any atom is -0.335 e. The van der Waals surface area contributed by atoms with Gasteiger partial charge in [-0.1, -0.05) is 19.4 Å². The molecule has 0 bridgehead atoms. The summed E-state index contributed by atoms with van der Waals surface area (Å²) >= 11 is 0. The van der Waals surface area contributed by atoms with Crippen molar-refractivity contribution in [3.63, 3.8) is 0 Å². The number of imidazole rings is 1. The third-order valence-electron chi connectivity index (χ3n) is 6.29. The monoisotopic (exact) mass is 488 g/mol. The van der Waals surface area contributed by atoms with Crippen molar-refractivity contribution in [3.8, 4) is 33.8 Å². The number of H-pyrrole nitrogens is 2. The van der Waals surface area contributed by atoms with Crippen LogP contribution in [-0.4, -0.2) is 41.0 Å². The van der Waals surface area contributed by atoms with Crippen molar-refractivity contribution in [2.45, 2.75) is 26.2 Å². The minimum atomic E-state index is -0.00103. The first kappa shape index (κ1) is 22.5. The highest BCUT2D eigenvalue weighted by Gasteiger charge is 2.16. The predicted octanol–water partition coefficient (Wildman–Crippen LogP) is 5.75. The number of aromatic nitrogens is 7. The van der Waals surface area contributed by atoms with E-state index in [1.54, 1.807) is 31.0 Å². The van der Waals surface area contributed by atoms with E-state index in [9.17, 15) is 4.79 Å². The maximum atomic E-state index is 12.2. The van der Waals surface area contributed by atoms with Gasteiger partial charge in [0.1, 0.15) is 5.69 Å². The van der Waals surface area contributed by atoms with Gasteiger partial charge < -0.3 is 10.3 Å². The lowest BCUT2D eigenvalue weighted by atomic mass is 10.0. The topological polar surface area (TPSA) is 125 Å². The summed E-state index contributed by atoms with van der Waals surface area (Å²) in [4.78, 5) is 33.3. The number of nitrogens with one attached hydrogen (secondary N) is 3. The molecule has 0 saturated heterocycles. The van der Waals surface area contributed by atoms with Crippen LogP contribution < -0.4 is 5.32 Å². The number of anilines is 1. The summed E-state index contributed by atoms with van der Waals surface area (Å²) in [5.41, 5.74) is 7.71. The van der Waals surface area contributed by atoms with Crippen LogP contribution in [0.15, 0.2) is 73.6 Å². The lowest BCUT2D eigenvalue weighted by molar-refractivity contribution is -0.116. The average molecular weight is 489 g/mol. The molecule has 3 N–H and O–H groups in total. The summed E-state index contributed by atoms with van der Waals surface area (Å²) in [7, 11) is 0. The molecule has 1 amide bonds. The third-order valence-corrected chi connectivity index (χ3v) is 6.29. The lowest BCUT2D eigenvalue weighted by Gasteiger charge is -2.07. The molecular weight excluding hydrogens is 464 g/mol. The number of unbranched alkanes of at least 4 members (excludes halogenated alkanes) is 1. The van der Waals surface area contributed by atoms with Crippen LogP contribution in [0.1, 0.15) is 26.2 Å². The standard InChI is InChI=1S/C28H24N8O/c1-2-3-4-25(37)32-20-11-19(13-30-14-20)18-5-6-23-21(12-18)27(36-35-23)28-33-24-16-31-15-22(26(24)34-28)17-7-9-29-10-8-17/h5-16H,2-4H2,1H3,(H,32,37)(H,33,34)(H,35,36). The fraction of sp³-hybridized carbons (Fsp3) is 0.143. The molecule has 0 aliphatic carbocycles. The Morgan fingerprint density at radius 2 is 1.76 bits per heavy atom. The molecule has 37 heavy (non-hydrogen) atoms. The van der Waals surface area contributed by atoms with Crippen molar-refractivity contribution >= 4 is 33.5 Å². The van der Waals surface area contributed by atoms with E-state index in [4.69, 9.17) is 4.98 Å². The summed E-state index contributed by atoms with van der Waals surface area (Å²) in [5, 5.41) is 11.5. The van der Waals surface area contributed by atoms with Crippen molar-refractivity contribution in [1.82, 2.24) is 35.1 Å². The van der Waals surface area contributed by atoms with E-state index in [-0.39, 0.29) is 5.91 Å². The lowest BCUT2D eigenvalue weighted by Crippen LogP contribution is -2.11. The van der Waals surface area contributed by atoms with Gasteiger partial charge in [0.15, 0.2) is 5.82 Å². The highest BCUT2D eigenvalue weighted by atomic mass is 16.1. The van der Waals surface area contributed by atoms with Crippen molar-refractivity contribution in [2.24, 2.45) is 0 Å².